The van der Waals surface area contributed by atoms with Crippen LogP contribution in [0, 0.1) is 0 Å². The maximum absolute atomic E-state index is 11.5. The third kappa shape index (κ3) is 10.8. The summed E-state index contributed by atoms with van der Waals surface area (Å²) in [6, 6.07) is 0. The van der Waals surface area contributed by atoms with Gasteiger partial charge in [0.1, 0.15) is 122 Å². The van der Waals surface area contributed by atoms with Crippen LogP contribution in [-0.2, 0) is 51.7 Å². The molecule has 0 amide bonds. The van der Waals surface area contributed by atoms with Crippen LogP contribution in [0.5, 0.6) is 0 Å². The molecule has 0 saturated carbocycles. The summed E-state index contributed by atoms with van der Waals surface area (Å²) in [5.74, 6) is 0. The molecule has 30 heteroatoms. The van der Waals surface area contributed by atoms with Gasteiger partial charge in [0.15, 0.2) is 31.5 Å². The fourth-order valence-corrected chi connectivity index (χ4v) is 7.51. The molecule has 0 bridgehead atoms. The number of phosphoric ester groups is 1. The molecule has 0 aromatic carbocycles. The third-order valence-corrected chi connectivity index (χ3v) is 11.0. The van der Waals surface area contributed by atoms with Gasteiger partial charge in [-0.3, -0.25) is 4.52 Å². The SMILES string of the molecule is O=P(O)(O)OC[C@H]1O[C@@H](O[C@H]2[C@H](O)[C@H](O)C(O)O[C@@H]2CO)[C@H](O)[C@@H](O[C@@H]2O[C@H](CO)[C@H](O)[C@H](O[C@@H]3O[C@H](CO)[C@H](O)[C@H](O[C@@H]4O[C@H](CO)[C@H](O)[C@H](O)[C@H]4O)[C@H]3O)[C@H]2O)[C@H]1O. The van der Waals surface area contributed by atoms with Crippen molar-refractivity contribution < 1.29 is 143 Å². The van der Waals surface area contributed by atoms with Crippen molar-refractivity contribution in [3.05, 3.63) is 0 Å². The van der Waals surface area contributed by atoms with Crippen LogP contribution in [0.2, 0.25) is 0 Å². The third-order valence-electron chi connectivity index (χ3n) is 10.5. The van der Waals surface area contributed by atoms with Gasteiger partial charge in [-0.2, -0.15) is 0 Å². The molecular weight excluding hydrogens is 855 g/mol. The molecular formula is C30H53O29P. The average Bonchev–Trinajstić information content (AvgIpc) is 3.21. The summed E-state index contributed by atoms with van der Waals surface area (Å²) >= 11 is 0. The topological polar surface area (TPSA) is 474 Å². The van der Waals surface area contributed by atoms with Crippen molar-refractivity contribution in [2.75, 3.05) is 33.0 Å². The van der Waals surface area contributed by atoms with Crippen molar-refractivity contribution in [1.82, 2.24) is 0 Å². The Hall–Kier alpha value is -0.890. The van der Waals surface area contributed by atoms with Crippen LogP contribution in [0.4, 0.5) is 0 Å². The predicted molar refractivity (Wildman–Crippen MR) is 177 cm³/mol. The van der Waals surface area contributed by atoms with Gasteiger partial charge in [0, 0.05) is 0 Å². The van der Waals surface area contributed by atoms with Gasteiger partial charge in [0.2, 0.25) is 0 Å². The van der Waals surface area contributed by atoms with Gasteiger partial charge in [-0.05, 0) is 0 Å². The number of phosphoric acid groups is 1. The summed E-state index contributed by atoms with van der Waals surface area (Å²) in [6.07, 6.45) is -49.5. The number of ether oxygens (including phenoxy) is 9. The van der Waals surface area contributed by atoms with Gasteiger partial charge in [-0.1, -0.05) is 0 Å². The highest BCUT2D eigenvalue weighted by atomic mass is 31.2. The molecule has 5 heterocycles. The summed E-state index contributed by atoms with van der Waals surface area (Å²) in [5, 5.41) is 168. The fourth-order valence-electron chi connectivity index (χ4n) is 7.17. The lowest BCUT2D eigenvalue weighted by atomic mass is 9.95. The monoisotopic (exact) mass is 908 g/mol. The molecule has 5 aliphatic heterocycles. The van der Waals surface area contributed by atoms with E-state index in [2.05, 4.69) is 4.52 Å². The number of hydrogen-bond donors (Lipinski definition) is 18. The largest absolute Gasteiger partial charge is 0.469 e. The first-order chi connectivity index (χ1) is 28.2. The normalized spacial score (nSPS) is 50.7. The highest BCUT2D eigenvalue weighted by Crippen LogP contribution is 2.39. The molecule has 29 nitrogen and oxygen atoms in total. The molecule has 5 rings (SSSR count). The number of rotatable bonds is 15. The van der Waals surface area contributed by atoms with E-state index in [1.165, 1.54) is 0 Å². The maximum Gasteiger partial charge on any atom is 0.469 e. The molecule has 1 unspecified atom stereocenters. The van der Waals surface area contributed by atoms with Crippen molar-refractivity contribution in [3.63, 3.8) is 0 Å². The van der Waals surface area contributed by atoms with E-state index in [9.17, 15) is 96.1 Å². The zero-order chi connectivity index (χ0) is 44.5. The van der Waals surface area contributed by atoms with Crippen LogP contribution in [-0.4, -0.2) is 278 Å². The molecule has 0 radical (unpaired) electrons. The van der Waals surface area contributed by atoms with E-state index in [0.717, 1.165) is 0 Å². The Bertz CT molecular complexity index is 1380. The second kappa shape index (κ2) is 21.0. The van der Waals surface area contributed by atoms with Crippen LogP contribution in [0.1, 0.15) is 0 Å². The van der Waals surface area contributed by atoms with Crippen LogP contribution in [0.3, 0.4) is 0 Å². The molecule has 18 N–H and O–H groups in total. The molecule has 5 saturated heterocycles. The number of hydrogen-bond acceptors (Lipinski definition) is 27. The predicted octanol–water partition coefficient (Wildman–Crippen LogP) is -11.8. The zero-order valence-electron chi connectivity index (χ0n) is 31.0. The Labute approximate surface area is 337 Å². The average molecular weight is 909 g/mol. The van der Waals surface area contributed by atoms with Crippen LogP contribution < -0.4 is 0 Å². The first-order valence-corrected chi connectivity index (χ1v) is 19.9. The van der Waals surface area contributed by atoms with E-state index < -0.39 is 194 Å². The first kappa shape index (κ1) is 50.1. The van der Waals surface area contributed by atoms with Crippen molar-refractivity contribution in [2.24, 2.45) is 0 Å². The Kier molecular flexibility index (Phi) is 17.5. The van der Waals surface area contributed by atoms with Gasteiger partial charge in [-0.25, -0.2) is 4.57 Å². The number of aliphatic hydroxyl groups is 16. The summed E-state index contributed by atoms with van der Waals surface area (Å²) in [6.45, 7) is -5.02. The lowest BCUT2D eigenvalue weighted by Crippen LogP contribution is -2.68. The molecule has 5 fully saturated rings. The Balaban J connectivity index is 1.37. The van der Waals surface area contributed by atoms with E-state index in [4.69, 9.17) is 42.6 Å². The lowest BCUT2D eigenvalue weighted by molar-refractivity contribution is -0.395. The Morgan fingerprint density at radius 2 is 0.717 bits per heavy atom. The van der Waals surface area contributed by atoms with Crippen molar-refractivity contribution in [1.29, 1.82) is 0 Å². The molecule has 25 atom stereocenters. The van der Waals surface area contributed by atoms with Gasteiger partial charge in [0.05, 0.1) is 33.0 Å². The van der Waals surface area contributed by atoms with Crippen molar-refractivity contribution >= 4 is 7.82 Å². The lowest BCUT2D eigenvalue weighted by Gasteiger charge is -2.49. The summed E-state index contributed by atoms with van der Waals surface area (Å²) in [5.41, 5.74) is 0. The van der Waals surface area contributed by atoms with Gasteiger partial charge in [0.25, 0.3) is 0 Å². The van der Waals surface area contributed by atoms with E-state index >= 15 is 0 Å². The van der Waals surface area contributed by atoms with Gasteiger partial charge in [-0.15, -0.1) is 0 Å². The summed E-state index contributed by atoms with van der Waals surface area (Å²) in [7, 11) is -5.27. The Morgan fingerprint density at radius 3 is 1.12 bits per heavy atom. The highest BCUT2D eigenvalue weighted by Gasteiger charge is 2.57. The van der Waals surface area contributed by atoms with Crippen molar-refractivity contribution in [2.45, 2.75) is 154 Å². The zero-order valence-corrected chi connectivity index (χ0v) is 31.9. The van der Waals surface area contributed by atoms with Gasteiger partial charge >= 0.3 is 7.82 Å². The van der Waals surface area contributed by atoms with Crippen LogP contribution in [0.15, 0.2) is 0 Å². The second-order valence-electron chi connectivity index (χ2n) is 14.6. The minimum absolute atomic E-state index is 0.876. The van der Waals surface area contributed by atoms with Crippen LogP contribution >= 0.6 is 7.82 Å². The smallest absolute Gasteiger partial charge is 0.394 e. The first-order valence-electron chi connectivity index (χ1n) is 18.4. The summed E-state index contributed by atoms with van der Waals surface area (Å²) < 4.78 is 65.0. The molecule has 5 aliphatic rings. The highest BCUT2D eigenvalue weighted by molar-refractivity contribution is 7.46. The minimum atomic E-state index is -5.27. The molecule has 0 aromatic rings. The Morgan fingerprint density at radius 1 is 0.367 bits per heavy atom. The van der Waals surface area contributed by atoms with E-state index in [0.29, 0.717) is 0 Å². The van der Waals surface area contributed by atoms with Crippen molar-refractivity contribution in [3.8, 4) is 0 Å². The standard InChI is InChI=1S/C30H53O29P/c31-1-6-11(35)15(39)18(42)27(52-6)57-23-12(36)7(2-32)53-28(19(23)43)58-24-13(37)8(3-33)54-29(20(24)44)59-25-14(38)10(5-50-60(47,48)49)55-30(21(25)45)56-22-9(4-34)51-26(46)17(41)16(22)40/h6-46H,1-5H2,(H2,47,48,49)/t6-,7-,8-,9-,10-,11+,12+,13+,14+,15+,16-,17+,18-,19-,20-,21-,22-,23+,24+,25+,26?,27+,28+,29+,30+/m1/s1. The molecule has 0 aromatic heterocycles. The summed E-state index contributed by atoms with van der Waals surface area (Å²) in [4.78, 5) is 18.6. The van der Waals surface area contributed by atoms with Crippen LogP contribution in [0.25, 0.3) is 0 Å². The molecule has 352 valence electrons. The quantitative estimate of drug-likeness (QED) is 0.0678. The van der Waals surface area contributed by atoms with E-state index in [1.54, 1.807) is 0 Å². The number of aliphatic hydroxyl groups excluding tert-OH is 16. The maximum atomic E-state index is 11.5. The molecule has 0 spiro atoms. The second-order valence-corrected chi connectivity index (χ2v) is 15.8. The molecule has 60 heavy (non-hydrogen) atoms. The fraction of sp³-hybridized carbons (Fsp3) is 1.00. The van der Waals surface area contributed by atoms with E-state index in [1.807, 2.05) is 0 Å². The minimum Gasteiger partial charge on any atom is -0.394 e. The van der Waals surface area contributed by atoms with Gasteiger partial charge < -0.3 is 134 Å². The molecule has 0 aliphatic carbocycles. The van der Waals surface area contributed by atoms with E-state index in [-0.39, 0.29) is 0 Å².